The van der Waals surface area contributed by atoms with Crippen molar-refractivity contribution >= 4 is 11.9 Å². The highest BCUT2D eigenvalue weighted by Gasteiger charge is 2.57. The van der Waals surface area contributed by atoms with E-state index in [9.17, 15) is 14.7 Å². The standard InChI is InChI=1S/C16H20O5/c1-4-20-15(19)12-11(14(18)21-16(12,2)3)13(17)10-8-6-5-7-9-10/h5-9,11-13,17H,4H2,1-3H3/t11-,12-,13+/m1/s1. The van der Waals surface area contributed by atoms with Crippen molar-refractivity contribution in [1.29, 1.82) is 0 Å². The Bertz CT molecular complexity index is 523. The lowest BCUT2D eigenvalue weighted by Gasteiger charge is -2.26. The van der Waals surface area contributed by atoms with Gasteiger partial charge >= 0.3 is 11.9 Å². The van der Waals surface area contributed by atoms with Crippen LogP contribution in [0.3, 0.4) is 0 Å². The van der Waals surface area contributed by atoms with Crippen molar-refractivity contribution < 1.29 is 24.2 Å². The lowest BCUT2D eigenvalue weighted by atomic mass is 9.78. The molecule has 0 amide bonds. The molecular weight excluding hydrogens is 272 g/mol. The van der Waals surface area contributed by atoms with Crippen molar-refractivity contribution in [2.24, 2.45) is 11.8 Å². The van der Waals surface area contributed by atoms with E-state index in [-0.39, 0.29) is 6.61 Å². The molecule has 0 aliphatic carbocycles. The smallest absolute Gasteiger partial charge is 0.313 e. The Morgan fingerprint density at radius 1 is 1.38 bits per heavy atom. The average molecular weight is 292 g/mol. The summed E-state index contributed by atoms with van der Waals surface area (Å²) in [5, 5.41) is 10.5. The summed E-state index contributed by atoms with van der Waals surface area (Å²) in [6.45, 7) is 5.23. The van der Waals surface area contributed by atoms with Gasteiger partial charge in [0.05, 0.1) is 12.7 Å². The third-order valence-corrected chi connectivity index (χ3v) is 3.77. The van der Waals surface area contributed by atoms with Gasteiger partial charge in [0, 0.05) is 0 Å². The quantitative estimate of drug-likeness (QED) is 0.857. The fourth-order valence-corrected chi connectivity index (χ4v) is 2.79. The van der Waals surface area contributed by atoms with Crippen LogP contribution < -0.4 is 0 Å². The molecule has 0 radical (unpaired) electrons. The molecule has 1 aliphatic rings. The van der Waals surface area contributed by atoms with Crippen molar-refractivity contribution in [2.75, 3.05) is 6.61 Å². The molecule has 2 rings (SSSR count). The third-order valence-electron chi connectivity index (χ3n) is 3.77. The first kappa shape index (κ1) is 15.5. The van der Waals surface area contributed by atoms with Crippen LogP contribution in [0.4, 0.5) is 0 Å². The Labute approximate surface area is 123 Å². The van der Waals surface area contributed by atoms with Gasteiger partial charge in [0.1, 0.15) is 17.4 Å². The second-order valence-corrected chi connectivity index (χ2v) is 5.64. The van der Waals surface area contributed by atoms with Crippen LogP contribution in [0.15, 0.2) is 30.3 Å². The molecule has 1 aromatic rings. The molecule has 0 spiro atoms. The van der Waals surface area contributed by atoms with Crippen molar-refractivity contribution in [3.63, 3.8) is 0 Å². The maximum atomic E-state index is 12.2. The fourth-order valence-electron chi connectivity index (χ4n) is 2.79. The summed E-state index contributed by atoms with van der Waals surface area (Å²) in [5.74, 6) is -2.88. The van der Waals surface area contributed by atoms with Crippen molar-refractivity contribution in [1.82, 2.24) is 0 Å². The van der Waals surface area contributed by atoms with Crippen LogP contribution in [-0.4, -0.2) is 29.3 Å². The Balaban J connectivity index is 2.34. The van der Waals surface area contributed by atoms with Crippen LogP contribution in [0.2, 0.25) is 0 Å². The van der Waals surface area contributed by atoms with Gasteiger partial charge in [0.25, 0.3) is 0 Å². The number of benzene rings is 1. The zero-order valence-electron chi connectivity index (χ0n) is 12.4. The summed E-state index contributed by atoms with van der Waals surface area (Å²) in [7, 11) is 0. The van der Waals surface area contributed by atoms with E-state index < -0.39 is 35.5 Å². The van der Waals surface area contributed by atoms with Gasteiger partial charge in [-0.25, -0.2) is 0 Å². The number of ether oxygens (including phenoxy) is 2. The van der Waals surface area contributed by atoms with E-state index >= 15 is 0 Å². The Morgan fingerprint density at radius 2 is 2.00 bits per heavy atom. The lowest BCUT2D eigenvalue weighted by molar-refractivity contribution is -0.155. The molecule has 1 saturated heterocycles. The van der Waals surface area contributed by atoms with Crippen LogP contribution >= 0.6 is 0 Å². The Hall–Kier alpha value is -1.88. The summed E-state index contributed by atoms with van der Waals surface area (Å²) >= 11 is 0. The molecule has 1 aromatic carbocycles. The molecular formula is C16H20O5. The number of esters is 2. The molecule has 5 heteroatoms. The van der Waals surface area contributed by atoms with Gasteiger partial charge in [-0.15, -0.1) is 0 Å². The fraction of sp³-hybridized carbons (Fsp3) is 0.500. The molecule has 1 fully saturated rings. The van der Waals surface area contributed by atoms with Crippen molar-refractivity contribution in [3.8, 4) is 0 Å². The van der Waals surface area contributed by atoms with E-state index in [0.717, 1.165) is 0 Å². The SMILES string of the molecule is CCOC(=O)[C@H]1[C@H]([C@@H](O)c2ccccc2)C(=O)OC1(C)C. The molecule has 114 valence electrons. The van der Waals surface area contributed by atoms with Gasteiger partial charge in [-0.05, 0) is 26.3 Å². The molecule has 21 heavy (non-hydrogen) atoms. The molecule has 0 aromatic heterocycles. The van der Waals surface area contributed by atoms with E-state index in [4.69, 9.17) is 9.47 Å². The number of carbonyl (C=O) groups excluding carboxylic acids is 2. The number of hydrogen-bond donors (Lipinski definition) is 1. The van der Waals surface area contributed by atoms with Crippen LogP contribution in [0.25, 0.3) is 0 Å². The van der Waals surface area contributed by atoms with E-state index in [0.29, 0.717) is 5.56 Å². The van der Waals surface area contributed by atoms with Crippen molar-refractivity contribution in [2.45, 2.75) is 32.5 Å². The zero-order chi connectivity index (χ0) is 15.6. The molecule has 1 N–H and O–H groups in total. The van der Waals surface area contributed by atoms with Gasteiger partial charge in [0.15, 0.2) is 0 Å². The molecule has 0 bridgehead atoms. The van der Waals surface area contributed by atoms with Crippen LogP contribution in [0.1, 0.15) is 32.4 Å². The number of hydrogen-bond acceptors (Lipinski definition) is 5. The third kappa shape index (κ3) is 2.93. The van der Waals surface area contributed by atoms with Gasteiger partial charge in [-0.1, -0.05) is 30.3 Å². The molecule has 5 nitrogen and oxygen atoms in total. The Kier molecular flexibility index (Phi) is 4.32. The first-order valence-electron chi connectivity index (χ1n) is 7.01. The summed E-state index contributed by atoms with van der Waals surface area (Å²) in [6, 6.07) is 8.78. The summed E-state index contributed by atoms with van der Waals surface area (Å²) in [6.07, 6.45) is -1.10. The predicted molar refractivity (Wildman–Crippen MR) is 75.2 cm³/mol. The average Bonchev–Trinajstić information content (AvgIpc) is 2.68. The Morgan fingerprint density at radius 3 is 2.57 bits per heavy atom. The minimum atomic E-state index is -1.10. The zero-order valence-corrected chi connectivity index (χ0v) is 12.4. The summed E-state index contributed by atoms with van der Waals surface area (Å²) < 4.78 is 10.3. The number of carbonyl (C=O) groups is 2. The highest BCUT2D eigenvalue weighted by Crippen LogP contribution is 2.43. The largest absolute Gasteiger partial charge is 0.466 e. The summed E-state index contributed by atoms with van der Waals surface area (Å²) in [5.41, 5.74) is -0.421. The lowest BCUT2D eigenvalue weighted by Crippen LogP contribution is -2.39. The van der Waals surface area contributed by atoms with E-state index in [1.54, 1.807) is 45.0 Å². The van der Waals surface area contributed by atoms with Crippen LogP contribution in [0, 0.1) is 11.8 Å². The minimum Gasteiger partial charge on any atom is -0.466 e. The molecule has 1 heterocycles. The monoisotopic (exact) mass is 292 g/mol. The second kappa shape index (κ2) is 5.85. The second-order valence-electron chi connectivity index (χ2n) is 5.64. The molecule has 1 aliphatic heterocycles. The van der Waals surface area contributed by atoms with Crippen molar-refractivity contribution in [3.05, 3.63) is 35.9 Å². The normalized spacial score (nSPS) is 25.2. The highest BCUT2D eigenvalue weighted by molar-refractivity contribution is 5.87. The first-order valence-corrected chi connectivity index (χ1v) is 7.01. The van der Waals surface area contributed by atoms with Gasteiger partial charge in [0.2, 0.25) is 0 Å². The topological polar surface area (TPSA) is 72.8 Å². The first-order chi connectivity index (χ1) is 9.88. The highest BCUT2D eigenvalue weighted by atomic mass is 16.6. The maximum absolute atomic E-state index is 12.2. The number of aliphatic hydroxyl groups excluding tert-OH is 1. The van der Waals surface area contributed by atoms with Crippen LogP contribution in [0.5, 0.6) is 0 Å². The molecule has 0 saturated carbocycles. The van der Waals surface area contributed by atoms with Gasteiger partial charge in [-0.2, -0.15) is 0 Å². The van der Waals surface area contributed by atoms with Gasteiger partial charge < -0.3 is 14.6 Å². The minimum absolute atomic E-state index is 0.216. The van der Waals surface area contributed by atoms with Gasteiger partial charge in [-0.3, -0.25) is 9.59 Å². The maximum Gasteiger partial charge on any atom is 0.313 e. The molecule has 0 unspecified atom stereocenters. The molecule has 3 atom stereocenters. The summed E-state index contributed by atoms with van der Waals surface area (Å²) in [4.78, 5) is 24.3. The van der Waals surface area contributed by atoms with E-state index in [1.165, 1.54) is 0 Å². The van der Waals surface area contributed by atoms with E-state index in [2.05, 4.69) is 0 Å². The number of aliphatic hydroxyl groups is 1. The number of cyclic esters (lactones) is 1. The predicted octanol–water partition coefficient (Wildman–Crippen LogP) is 1.85. The number of rotatable bonds is 4. The van der Waals surface area contributed by atoms with Crippen LogP contribution in [-0.2, 0) is 19.1 Å². The van der Waals surface area contributed by atoms with E-state index in [1.807, 2.05) is 6.07 Å².